The second-order valence-corrected chi connectivity index (χ2v) is 8.24. The first kappa shape index (κ1) is 19.2. The van der Waals surface area contributed by atoms with Crippen LogP contribution in [0.2, 0.25) is 0 Å². The highest BCUT2D eigenvalue weighted by Crippen LogP contribution is 2.27. The number of aromatic nitrogens is 2. The minimum absolute atomic E-state index is 0.0364. The maximum Gasteiger partial charge on any atom is 0.277 e. The van der Waals surface area contributed by atoms with Crippen LogP contribution in [0.15, 0.2) is 56.7 Å². The van der Waals surface area contributed by atoms with E-state index in [-0.39, 0.29) is 17.1 Å². The molecule has 0 saturated heterocycles. The molecule has 0 aliphatic heterocycles. The minimum atomic E-state index is -0.0364. The lowest BCUT2D eigenvalue weighted by Crippen LogP contribution is -2.27. The van der Waals surface area contributed by atoms with Crippen molar-refractivity contribution in [1.82, 2.24) is 15.1 Å². The second-order valence-electron chi connectivity index (χ2n) is 7.32. The molecule has 7 heteroatoms. The molecular weight excluding hydrogens is 362 g/mol. The molecule has 142 valence electrons. The maximum absolute atomic E-state index is 12.2. The van der Waals surface area contributed by atoms with Crippen LogP contribution in [0.4, 0.5) is 0 Å². The fraction of sp³-hybridized carbons (Fsp3) is 0.350. The van der Waals surface area contributed by atoms with Crippen molar-refractivity contribution in [3.63, 3.8) is 0 Å². The summed E-state index contributed by atoms with van der Waals surface area (Å²) in [6, 6.07) is 11.7. The van der Waals surface area contributed by atoms with Gasteiger partial charge in [0.25, 0.3) is 5.22 Å². The lowest BCUT2D eigenvalue weighted by atomic mass is 9.87. The molecule has 6 nitrogen and oxygen atoms in total. The summed E-state index contributed by atoms with van der Waals surface area (Å²) in [4.78, 5) is 13.8. The molecule has 0 unspecified atom stereocenters. The highest BCUT2D eigenvalue weighted by Gasteiger charge is 2.16. The van der Waals surface area contributed by atoms with Crippen molar-refractivity contribution in [2.75, 3.05) is 12.8 Å². The van der Waals surface area contributed by atoms with E-state index in [0.29, 0.717) is 17.7 Å². The Morgan fingerprint density at radius 1 is 1.15 bits per heavy atom. The van der Waals surface area contributed by atoms with Crippen LogP contribution in [0.3, 0.4) is 0 Å². The van der Waals surface area contributed by atoms with E-state index < -0.39 is 0 Å². The van der Waals surface area contributed by atoms with E-state index in [2.05, 4.69) is 43.1 Å². The maximum atomic E-state index is 12.2. The Morgan fingerprint density at radius 3 is 2.52 bits per heavy atom. The Balaban J connectivity index is 1.57. The molecule has 27 heavy (non-hydrogen) atoms. The second kappa shape index (κ2) is 8.00. The summed E-state index contributed by atoms with van der Waals surface area (Å²) >= 11 is 1.23. The van der Waals surface area contributed by atoms with E-state index in [4.69, 9.17) is 8.83 Å². The Kier molecular flexibility index (Phi) is 5.70. The first-order chi connectivity index (χ1) is 12.8. The van der Waals surface area contributed by atoms with Crippen molar-refractivity contribution in [3.8, 4) is 11.5 Å². The molecule has 0 aliphatic carbocycles. The van der Waals surface area contributed by atoms with Gasteiger partial charge in [-0.05, 0) is 35.2 Å². The number of carbonyl (C=O) groups is 1. The van der Waals surface area contributed by atoms with Crippen LogP contribution in [0.5, 0.6) is 0 Å². The molecule has 0 radical (unpaired) electrons. The summed E-state index contributed by atoms with van der Waals surface area (Å²) in [5.74, 6) is 1.39. The van der Waals surface area contributed by atoms with E-state index in [9.17, 15) is 4.79 Å². The third-order valence-corrected chi connectivity index (χ3v) is 4.93. The number of rotatable bonds is 6. The molecule has 2 aromatic heterocycles. The summed E-state index contributed by atoms with van der Waals surface area (Å²) in [5.41, 5.74) is 2.20. The fourth-order valence-corrected chi connectivity index (χ4v) is 3.16. The summed E-state index contributed by atoms with van der Waals surface area (Å²) in [6.07, 6.45) is 1.59. The Morgan fingerprint density at radius 2 is 1.89 bits per heavy atom. The topological polar surface area (TPSA) is 72.4 Å². The van der Waals surface area contributed by atoms with Gasteiger partial charge in [0.1, 0.15) is 5.76 Å². The van der Waals surface area contributed by atoms with Crippen molar-refractivity contribution in [2.45, 2.75) is 38.0 Å². The van der Waals surface area contributed by atoms with Gasteiger partial charge in [-0.2, -0.15) is 0 Å². The third-order valence-electron chi connectivity index (χ3n) is 4.12. The number of hydrogen-bond donors (Lipinski definition) is 0. The number of nitrogens with zero attached hydrogens (tertiary/aromatic N) is 3. The van der Waals surface area contributed by atoms with E-state index in [1.807, 2.05) is 18.2 Å². The minimum Gasteiger partial charge on any atom is -0.467 e. The van der Waals surface area contributed by atoms with Gasteiger partial charge in [-0.3, -0.25) is 4.79 Å². The predicted molar refractivity (Wildman–Crippen MR) is 104 cm³/mol. The van der Waals surface area contributed by atoms with E-state index >= 15 is 0 Å². The highest BCUT2D eigenvalue weighted by molar-refractivity contribution is 7.99. The van der Waals surface area contributed by atoms with Crippen molar-refractivity contribution in [2.24, 2.45) is 0 Å². The molecule has 1 amide bonds. The van der Waals surface area contributed by atoms with E-state index in [1.54, 1.807) is 24.3 Å². The van der Waals surface area contributed by atoms with Crippen LogP contribution in [-0.4, -0.2) is 33.8 Å². The standard InChI is InChI=1S/C20H23N3O3S/c1-20(2,3)15-9-7-14(8-10-15)18-21-22-19(26-18)27-13-17(24)23(4)12-16-6-5-11-25-16/h5-11H,12-13H2,1-4H3. The fourth-order valence-electron chi connectivity index (χ4n) is 2.46. The predicted octanol–water partition coefficient (Wildman–Crippen LogP) is 4.38. The first-order valence-corrected chi connectivity index (χ1v) is 9.65. The molecule has 0 N–H and O–H groups in total. The summed E-state index contributed by atoms with van der Waals surface area (Å²) in [6.45, 7) is 6.94. The van der Waals surface area contributed by atoms with Crippen LogP contribution in [0, 0.1) is 0 Å². The lowest BCUT2D eigenvalue weighted by Gasteiger charge is -2.18. The Bertz CT molecular complexity index is 880. The van der Waals surface area contributed by atoms with Crippen molar-refractivity contribution in [1.29, 1.82) is 0 Å². The molecule has 0 atom stereocenters. The Hall–Kier alpha value is -2.54. The van der Waals surface area contributed by atoms with Crippen molar-refractivity contribution in [3.05, 3.63) is 54.0 Å². The van der Waals surface area contributed by atoms with Gasteiger partial charge in [-0.25, -0.2) is 0 Å². The zero-order valence-corrected chi connectivity index (χ0v) is 16.7. The van der Waals surface area contributed by atoms with Crippen LogP contribution in [0.1, 0.15) is 32.1 Å². The summed E-state index contributed by atoms with van der Waals surface area (Å²) in [7, 11) is 1.74. The number of benzene rings is 1. The number of furan rings is 1. The zero-order valence-electron chi connectivity index (χ0n) is 15.9. The van der Waals surface area contributed by atoms with Crippen LogP contribution in [-0.2, 0) is 16.8 Å². The number of amides is 1. The normalized spacial score (nSPS) is 11.6. The summed E-state index contributed by atoms with van der Waals surface area (Å²) < 4.78 is 10.9. The van der Waals surface area contributed by atoms with Gasteiger partial charge in [-0.1, -0.05) is 44.7 Å². The van der Waals surface area contributed by atoms with Gasteiger partial charge < -0.3 is 13.7 Å². The lowest BCUT2D eigenvalue weighted by molar-refractivity contribution is -0.127. The number of thioether (sulfide) groups is 1. The van der Waals surface area contributed by atoms with Crippen molar-refractivity contribution < 1.29 is 13.6 Å². The molecule has 0 fully saturated rings. The molecule has 3 rings (SSSR count). The van der Waals surface area contributed by atoms with Crippen LogP contribution < -0.4 is 0 Å². The van der Waals surface area contributed by atoms with Crippen molar-refractivity contribution >= 4 is 17.7 Å². The van der Waals surface area contributed by atoms with Gasteiger partial charge in [0.05, 0.1) is 18.6 Å². The van der Waals surface area contributed by atoms with Gasteiger partial charge in [-0.15, -0.1) is 10.2 Å². The average Bonchev–Trinajstić information content (AvgIpc) is 3.31. The average molecular weight is 385 g/mol. The molecule has 1 aromatic carbocycles. The van der Waals surface area contributed by atoms with Gasteiger partial charge >= 0.3 is 0 Å². The molecule has 3 aromatic rings. The summed E-state index contributed by atoms with van der Waals surface area (Å²) in [5, 5.41) is 8.49. The molecule has 0 aliphatic rings. The number of carbonyl (C=O) groups excluding carboxylic acids is 1. The molecule has 2 heterocycles. The SMILES string of the molecule is CN(Cc1ccco1)C(=O)CSc1nnc(-c2ccc(C(C)(C)C)cc2)o1. The largest absolute Gasteiger partial charge is 0.467 e. The Labute approximate surface area is 163 Å². The van der Waals surface area contributed by atoms with E-state index in [1.165, 1.54) is 17.3 Å². The van der Waals surface area contributed by atoms with Gasteiger partial charge in [0.15, 0.2) is 0 Å². The monoisotopic (exact) mass is 385 g/mol. The van der Waals surface area contributed by atoms with Gasteiger partial charge in [0.2, 0.25) is 11.8 Å². The smallest absolute Gasteiger partial charge is 0.277 e. The molecular formula is C20H23N3O3S. The zero-order chi connectivity index (χ0) is 19.4. The number of hydrogen-bond acceptors (Lipinski definition) is 6. The van der Waals surface area contributed by atoms with Gasteiger partial charge in [0, 0.05) is 12.6 Å². The highest BCUT2D eigenvalue weighted by atomic mass is 32.2. The quantitative estimate of drug-likeness (QED) is 0.587. The molecule has 0 bridgehead atoms. The van der Waals surface area contributed by atoms with Crippen LogP contribution >= 0.6 is 11.8 Å². The van der Waals surface area contributed by atoms with E-state index in [0.717, 1.165) is 11.3 Å². The molecule has 0 saturated carbocycles. The first-order valence-electron chi connectivity index (χ1n) is 8.66. The van der Waals surface area contributed by atoms with Crippen LogP contribution in [0.25, 0.3) is 11.5 Å². The third kappa shape index (κ3) is 5.01. The molecule has 0 spiro atoms.